The summed E-state index contributed by atoms with van der Waals surface area (Å²) >= 11 is 0. The topological polar surface area (TPSA) is 111 Å². The van der Waals surface area contributed by atoms with Gasteiger partial charge in [0.2, 0.25) is 5.91 Å². The van der Waals surface area contributed by atoms with Crippen molar-refractivity contribution in [2.24, 2.45) is 0 Å². The SMILES string of the molecule is Cc1nc2ncnn2c(C)c1CC(=O)NNC(=O)COc1ccccc1F. The molecule has 3 rings (SSSR count). The summed E-state index contributed by atoms with van der Waals surface area (Å²) < 4.78 is 20.0. The minimum Gasteiger partial charge on any atom is -0.481 e. The summed E-state index contributed by atoms with van der Waals surface area (Å²) in [5.41, 5.74) is 6.58. The Kier molecular flexibility index (Phi) is 5.25. The van der Waals surface area contributed by atoms with Crippen LogP contribution in [0.15, 0.2) is 30.6 Å². The van der Waals surface area contributed by atoms with Crippen LogP contribution in [0.1, 0.15) is 17.0 Å². The van der Waals surface area contributed by atoms with Crippen molar-refractivity contribution in [1.82, 2.24) is 30.4 Å². The van der Waals surface area contributed by atoms with Crippen LogP contribution in [0.25, 0.3) is 5.78 Å². The minimum atomic E-state index is -0.620. The molecule has 1 aromatic carbocycles. The van der Waals surface area contributed by atoms with Gasteiger partial charge in [0.05, 0.1) is 6.42 Å². The molecule has 0 bridgehead atoms. The van der Waals surface area contributed by atoms with Gasteiger partial charge in [0.25, 0.3) is 11.7 Å². The predicted octanol–water partition coefficient (Wildman–Crippen LogP) is 0.649. The van der Waals surface area contributed by atoms with Crippen LogP contribution in [0.4, 0.5) is 4.39 Å². The van der Waals surface area contributed by atoms with Crippen LogP contribution in [0.3, 0.4) is 0 Å². The smallest absolute Gasteiger partial charge is 0.276 e. The number of para-hydroxylation sites is 1. The Morgan fingerprint density at radius 1 is 1.19 bits per heavy atom. The van der Waals surface area contributed by atoms with Crippen LogP contribution in [0.5, 0.6) is 5.75 Å². The van der Waals surface area contributed by atoms with E-state index in [4.69, 9.17) is 4.74 Å². The molecule has 2 N–H and O–H groups in total. The number of hydrogen-bond donors (Lipinski definition) is 2. The van der Waals surface area contributed by atoms with E-state index in [1.807, 2.05) is 0 Å². The van der Waals surface area contributed by atoms with Crippen LogP contribution >= 0.6 is 0 Å². The number of halogens is 1. The number of benzene rings is 1. The molecule has 0 saturated heterocycles. The van der Waals surface area contributed by atoms with Gasteiger partial charge in [-0.3, -0.25) is 20.4 Å². The van der Waals surface area contributed by atoms with Crippen molar-refractivity contribution in [3.8, 4) is 5.75 Å². The number of ether oxygens (including phenoxy) is 1. The third-order valence-corrected chi connectivity index (χ3v) is 3.86. The Balaban J connectivity index is 1.54. The van der Waals surface area contributed by atoms with Crippen LogP contribution < -0.4 is 15.6 Å². The number of amides is 2. The van der Waals surface area contributed by atoms with E-state index in [1.54, 1.807) is 19.9 Å². The highest BCUT2D eigenvalue weighted by atomic mass is 19.1. The summed E-state index contributed by atoms with van der Waals surface area (Å²) in [7, 11) is 0. The second-order valence-corrected chi connectivity index (χ2v) is 5.73. The van der Waals surface area contributed by atoms with Gasteiger partial charge in [-0.05, 0) is 26.0 Å². The maximum absolute atomic E-state index is 13.4. The molecule has 9 nitrogen and oxygen atoms in total. The fourth-order valence-electron chi connectivity index (χ4n) is 2.50. The number of aromatic nitrogens is 4. The molecule has 0 saturated carbocycles. The molecule has 0 radical (unpaired) electrons. The second kappa shape index (κ2) is 7.77. The average Bonchev–Trinajstić information content (AvgIpc) is 3.11. The number of nitrogens with one attached hydrogen (secondary N) is 2. The second-order valence-electron chi connectivity index (χ2n) is 5.73. The molecule has 0 fully saturated rings. The summed E-state index contributed by atoms with van der Waals surface area (Å²) in [5, 5.41) is 4.06. The molecular formula is C17H17FN6O3. The summed E-state index contributed by atoms with van der Waals surface area (Å²) in [4.78, 5) is 32.2. The first-order valence-corrected chi connectivity index (χ1v) is 8.06. The highest BCUT2D eigenvalue weighted by Gasteiger charge is 2.15. The number of nitrogens with zero attached hydrogens (tertiary/aromatic N) is 4. The Bertz CT molecular complexity index is 1000. The molecule has 10 heteroatoms. The van der Waals surface area contributed by atoms with E-state index < -0.39 is 24.2 Å². The van der Waals surface area contributed by atoms with Gasteiger partial charge in [-0.2, -0.15) is 10.1 Å². The molecule has 2 aromatic heterocycles. The molecule has 0 aliphatic rings. The van der Waals surface area contributed by atoms with Crippen molar-refractivity contribution in [3.05, 3.63) is 53.4 Å². The number of aryl methyl sites for hydroxylation is 2. The Morgan fingerprint density at radius 2 is 1.93 bits per heavy atom. The molecule has 3 aromatic rings. The van der Waals surface area contributed by atoms with Crippen LogP contribution in [0, 0.1) is 19.7 Å². The van der Waals surface area contributed by atoms with Gasteiger partial charge < -0.3 is 4.74 Å². The highest BCUT2D eigenvalue weighted by Crippen LogP contribution is 2.15. The molecule has 0 atom stereocenters. The molecule has 2 heterocycles. The molecule has 140 valence electrons. The molecule has 0 unspecified atom stereocenters. The first-order chi connectivity index (χ1) is 13.0. The van der Waals surface area contributed by atoms with Gasteiger partial charge in [-0.25, -0.2) is 13.9 Å². The van der Waals surface area contributed by atoms with E-state index in [1.165, 1.54) is 29.0 Å². The fraction of sp³-hybridized carbons (Fsp3) is 0.235. The minimum absolute atomic E-state index is 0.00504. The van der Waals surface area contributed by atoms with E-state index in [2.05, 4.69) is 25.9 Å². The van der Waals surface area contributed by atoms with Gasteiger partial charge in [0, 0.05) is 17.0 Å². The lowest BCUT2D eigenvalue weighted by atomic mass is 10.1. The monoisotopic (exact) mass is 372 g/mol. The summed E-state index contributed by atoms with van der Waals surface area (Å²) in [6.45, 7) is 3.14. The maximum Gasteiger partial charge on any atom is 0.276 e. The standard InChI is InChI=1S/C17H17FN6O3/c1-10-12(11(2)24-17(21-10)19-9-20-24)7-15(25)22-23-16(26)8-27-14-6-4-3-5-13(14)18/h3-6,9H,7-8H2,1-2H3,(H,22,25)(H,23,26). The largest absolute Gasteiger partial charge is 0.481 e. The summed E-state index contributed by atoms with van der Waals surface area (Å²) in [5.74, 6) is -1.23. The lowest BCUT2D eigenvalue weighted by Crippen LogP contribution is -2.44. The van der Waals surface area contributed by atoms with Crippen molar-refractivity contribution < 1.29 is 18.7 Å². The number of carbonyl (C=O) groups excluding carboxylic acids is 2. The zero-order valence-electron chi connectivity index (χ0n) is 14.7. The normalized spacial score (nSPS) is 10.6. The van der Waals surface area contributed by atoms with E-state index in [0.717, 1.165) is 5.69 Å². The van der Waals surface area contributed by atoms with Gasteiger partial charge in [0.15, 0.2) is 18.2 Å². The third kappa shape index (κ3) is 4.17. The van der Waals surface area contributed by atoms with Crippen LogP contribution in [0.2, 0.25) is 0 Å². The molecule has 2 amide bonds. The lowest BCUT2D eigenvalue weighted by molar-refractivity contribution is -0.129. The van der Waals surface area contributed by atoms with E-state index in [9.17, 15) is 14.0 Å². The third-order valence-electron chi connectivity index (χ3n) is 3.86. The van der Waals surface area contributed by atoms with Gasteiger partial charge >= 0.3 is 0 Å². The highest BCUT2D eigenvalue weighted by molar-refractivity contribution is 5.84. The summed E-state index contributed by atoms with van der Waals surface area (Å²) in [6, 6.07) is 5.72. The summed E-state index contributed by atoms with van der Waals surface area (Å²) in [6.07, 6.45) is 1.38. The number of carbonyl (C=O) groups is 2. The number of hydrazine groups is 1. The Labute approximate surface area is 153 Å². The van der Waals surface area contributed by atoms with Crippen molar-refractivity contribution in [3.63, 3.8) is 0 Å². The van der Waals surface area contributed by atoms with Crippen molar-refractivity contribution >= 4 is 17.6 Å². The molecule has 0 spiro atoms. The van der Waals surface area contributed by atoms with E-state index in [0.29, 0.717) is 17.0 Å². The van der Waals surface area contributed by atoms with Crippen molar-refractivity contribution in [2.75, 3.05) is 6.61 Å². The number of rotatable bonds is 5. The fourth-order valence-corrected chi connectivity index (χ4v) is 2.50. The molecular weight excluding hydrogens is 355 g/mol. The molecule has 27 heavy (non-hydrogen) atoms. The zero-order valence-corrected chi connectivity index (χ0v) is 14.7. The van der Waals surface area contributed by atoms with E-state index >= 15 is 0 Å². The van der Waals surface area contributed by atoms with Gasteiger partial charge in [-0.1, -0.05) is 12.1 Å². The van der Waals surface area contributed by atoms with Crippen molar-refractivity contribution in [1.29, 1.82) is 0 Å². The molecule has 0 aliphatic heterocycles. The first-order valence-electron chi connectivity index (χ1n) is 8.06. The maximum atomic E-state index is 13.4. The van der Waals surface area contributed by atoms with Crippen LogP contribution in [-0.2, 0) is 16.0 Å². The predicted molar refractivity (Wildman–Crippen MR) is 92.1 cm³/mol. The lowest BCUT2D eigenvalue weighted by Gasteiger charge is -2.12. The Morgan fingerprint density at radius 3 is 2.70 bits per heavy atom. The first kappa shape index (κ1) is 18.2. The Hall–Kier alpha value is -3.56. The number of fused-ring (bicyclic) bond motifs is 1. The zero-order chi connectivity index (χ0) is 19.4. The van der Waals surface area contributed by atoms with Gasteiger partial charge in [-0.15, -0.1) is 0 Å². The molecule has 0 aliphatic carbocycles. The quantitative estimate of drug-likeness (QED) is 0.636. The van der Waals surface area contributed by atoms with Gasteiger partial charge in [0.1, 0.15) is 6.33 Å². The number of hydrogen-bond acceptors (Lipinski definition) is 6. The van der Waals surface area contributed by atoms with Crippen LogP contribution in [-0.4, -0.2) is 38.0 Å². The van der Waals surface area contributed by atoms with E-state index in [-0.39, 0.29) is 12.2 Å². The van der Waals surface area contributed by atoms with Crippen molar-refractivity contribution in [2.45, 2.75) is 20.3 Å². The average molecular weight is 372 g/mol.